The molecule has 2 nitrogen and oxygen atoms in total. The normalized spacial score (nSPS) is 9.18. The molecule has 0 aliphatic carbocycles. The number of nitrogens with two attached hydrogens (primary N) is 1. The molecular formula is C9H10N2. The number of pyridine rings is 1. The number of nitrogens with zero attached hydrogens (tertiary/aromatic N) is 1. The highest BCUT2D eigenvalue weighted by molar-refractivity contribution is 5.54. The summed E-state index contributed by atoms with van der Waals surface area (Å²) in [6, 6.07) is 1.92. The van der Waals surface area contributed by atoms with E-state index < -0.39 is 0 Å². The minimum atomic E-state index is 0.449. The molecule has 1 heterocycles. The summed E-state index contributed by atoms with van der Waals surface area (Å²) >= 11 is 0. The molecule has 2 heteroatoms. The second-order valence-electron chi connectivity index (χ2n) is 2.49. The predicted molar refractivity (Wildman–Crippen MR) is 46.1 cm³/mol. The van der Waals surface area contributed by atoms with Crippen LogP contribution in [0.4, 0.5) is 5.82 Å². The third kappa shape index (κ3) is 1.32. The summed E-state index contributed by atoms with van der Waals surface area (Å²) < 4.78 is 0. The van der Waals surface area contributed by atoms with E-state index >= 15 is 0 Å². The highest BCUT2D eigenvalue weighted by Gasteiger charge is 2.01. The molecule has 0 radical (unpaired) electrons. The smallest absolute Gasteiger partial charge is 0.139 e. The summed E-state index contributed by atoms with van der Waals surface area (Å²) in [7, 11) is 0. The van der Waals surface area contributed by atoms with Crippen LogP contribution in [0.2, 0.25) is 0 Å². The van der Waals surface area contributed by atoms with Crippen LogP contribution in [0.25, 0.3) is 0 Å². The van der Waals surface area contributed by atoms with Gasteiger partial charge in [0.1, 0.15) is 5.82 Å². The highest BCUT2D eigenvalue weighted by Crippen LogP contribution is 2.13. The van der Waals surface area contributed by atoms with E-state index in [9.17, 15) is 0 Å². The van der Waals surface area contributed by atoms with Gasteiger partial charge in [0, 0.05) is 5.69 Å². The lowest BCUT2D eigenvalue weighted by Crippen LogP contribution is -1.98. The maximum absolute atomic E-state index is 5.58. The largest absolute Gasteiger partial charge is 0.383 e. The van der Waals surface area contributed by atoms with Crippen LogP contribution >= 0.6 is 0 Å². The fraction of sp³-hybridized carbons (Fsp3) is 0.222. The summed E-state index contributed by atoms with van der Waals surface area (Å²) in [5.41, 5.74) is 8.20. The van der Waals surface area contributed by atoms with Crippen LogP contribution in [0.15, 0.2) is 6.07 Å². The molecule has 0 spiro atoms. The topological polar surface area (TPSA) is 38.9 Å². The zero-order valence-corrected chi connectivity index (χ0v) is 6.68. The molecule has 0 unspecified atom stereocenters. The third-order valence-electron chi connectivity index (χ3n) is 1.52. The quantitative estimate of drug-likeness (QED) is 0.560. The van der Waals surface area contributed by atoms with Crippen molar-refractivity contribution in [3.63, 3.8) is 0 Å². The van der Waals surface area contributed by atoms with E-state index in [1.807, 2.05) is 19.9 Å². The third-order valence-corrected chi connectivity index (χ3v) is 1.52. The van der Waals surface area contributed by atoms with Gasteiger partial charge in [-0.3, -0.25) is 0 Å². The molecule has 0 aromatic carbocycles. The van der Waals surface area contributed by atoms with E-state index in [0.29, 0.717) is 11.4 Å². The minimum absolute atomic E-state index is 0.449. The van der Waals surface area contributed by atoms with Crippen LogP contribution in [0, 0.1) is 26.2 Å². The summed E-state index contributed by atoms with van der Waals surface area (Å²) in [5, 5.41) is 0. The summed E-state index contributed by atoms with van der Waals surface area (Å²) in [4.78, 5) is 4.04. The van der Waals surface area contributed by atoms with Gasteiger partial charge in [-0.25, -0.2) is 4.98 Å². The van der Waals surface area contributed by atoms with Crippen LogP contribution in [-0.2, 0) is 0 Å². The Morgan fingerprint density at radius 3 is 2.64 bits per heavy atom. The van der Waals surface area contributed by atoms with E-state index in [0.717, 1.165) is 11.3 Å². The summed E-state index contributed by atoms with van der Waals surface area (Å²) in [6.45, 7) is 3.82. The predicted octanol–water partition coefficient (Wildman–Crippen LogP) is 1.26. The van der Waals surface area contributed by atoms with Gasteiger partial charge in [-0.2, -0.15) is 0 Å². The van der Waals surface area contributed by atoms with Crippen LogP contribution in [0.1, 0.15) is 16.8 Å². The first-order valence-corrected chi connectivity index (χ1v) is 3.35. The molecular weight excluding hydrogens is 136 g/mol. The molecule has 1 aromatic heterocycles. The van der Waals surface area contributed by atoms with Gasteiger partial charge in [-0.05, 0) is 25.5 Å². The first-order chi connectivity index (χ1) is 5.15. The van der Waals surface area contributed by atoms with Gasteiger partial charge >= 0.3 is 0 Å². The monoisotopic (exact) mass is 146 g/mol. The summed E-state index contributed by atoms with van der Waals surface area (Å²) in [5.74, 6) is 2.95. The molecule has 56 valence electrons. The molecule has 2 N–H and O–H groups in total. The van der Waals surface area contributed by atoms with E-state index in [1.54, 1.807) is 0 Å². The molecule has 0 bridgehead atoms. The zero-order valence-electron chi connectivity index (χ0n) is 6.68. The first kappa shape index (κ1) is 7.62. The molecule has 0 amide bonds. The van der Waals surface area contributed by atoms with Gasteiger partial charge in [0.25, 0.3) is 0 Å². The number of nitrogen functional groups attached to an aromatic ring is 1. The number of anilines is 1. The average Bonchev–Trinajstić information content (AvgIpc) is 1.85. The van der Waals surface area contributed by atoms with Crippen molar-refractivity contribution in [2.75, 3.05) is 5.73 Å². The first-order valence-electron chi connectivity index (χ1n) is 3.35. The lowest BCUT2D eigenvalue weighted by molar-refractivity contribution is 1.18. The van der Waals surface area contributed by atoms with Crippen molar-refractivity contribution in [1.82, 2.24) is 4.98 Å². The molecule has 0 saturated heterocycles. The van der Waals surface area contributed by atoms with Crippen LogP contribution in [0.3, 0.4) is 0 Å². The number of hydrogen-bond acceptors (Lipinski definition) is 2. The van der Waals surface area contributed by atoms with Gasteiger partial charge in [-0.15, -0.1) is 6.42 Å². The maximum atomic E-state index is 5.58. The molecule has 0 fully saturated rings. The van der Waals surface area contributed by atoms with E-state index in [-0.39, 0.29) is 0 Å². The Morgan fingerprint density at radius 2 is 2.18 bits per heavy atom. The lowest BCUT2D eigenvalue weighted by Gasteiger charge is -2.02. The number of aryl methyl sites for hydroxylation is 2. The van der Waals surface area contributed by atoms with Crippen LogP contribution in [-0.4, -0.2) is 4.98 Å². The second kappa shape index (κ2) is 2.63. The van der Waals surface area contributed by atoms with Gasteiger partial charge in [0.05, 0.1) is 5.56 Å². The van der Waals surface area contributed by atoms with Crippen molar-refractivity contribution in [3.05, 3.63) is 22.9 Å². The Morgan fingerprint density at radius 1 is 1.55 bits per heavy atom. The van der Waals surface area contributed by atoms with E-state index in [4.69, 9.17) is 12.2 Å². The van der Waals surface area contributed by atoms with Crippen molar-refractivity contribution in [1.29, 1.82) is 0 Å². The maximum Gasteiger partial charge on any atom is 0.139 e. The van der Waals surface area contributed by atoms with Gasteiger partial charge in [0.15, 0.2) is 0 Å². The standard InChI is InChI=1S/C9H10N2/c1-4-8-6(2)5-7(3)11-9(8)10/h1,5H,2-3H3,(H2,10,11). The van der Waals surface area contributed by atoms with Crippen molar-refractivity contribution in [2.45, 2.75) is 13.8 Å². The van der Waals surface area contributed by atoms with Crippen molar-refractivity contribution < 1.29 is 0 Å². The molecule has 0 aliphatic heterocycles. The number of terminal acetylenes is 1. The summed E-state index contributed by atoms with van der Waals surface area (Å²) in [6.07, 6.45) is 5.23. The number of aromatic nitrogens is 1. The Hall–Kier alpha value is -1.49. The molecule has 1 aromatic rings. The number of rotatable bonds is 0. The average molecular weight is 146 g/mol. The van der Waals surface area contributed by atoms with Crippen molar-refractivity contribution in [2.24, 2.45) is 0 Å². The Bertz CT molecular complexity index is 298. The fourth-order valence-electron chi connectivity index (χ4n) is 1.05. The Kier molecular flexibility index (Phi) is 1.82. The molecule has 11 heavy (non-hydrogen) atoms. The Balaban J connectivity index is 3.40. The van der Waals surface area contributed by atoms with E-state index in [1.165, 1.54) is 0 Å². The Labute approximate surface area is 66.4 Å². The SMILES string of the molecule is C#Cc1c(C)cc(C)nc1N. The van der Waals surface area contributed by atoms with Crippen LogP contribution in [0.5, 0.6) is 0 Å². The molecule has 0 saturated carbocycles. The van der Waals surface area contributed by atoms with Gasteiger partial charge in [-0.1, -0.05) is 5.92 Å². The fourth-order valence-corrected chi connectivity index (χ4v) is 1.05. The highest BCUT2D eigenvalue weighted by atomic mass is 14.8. The molecule has 0 atom stereocenters. The van der Waals surface area contributed by atoms with Crippen molar-refractivity contribution >= 4 is 5.82 Å². The number of hydrogen-bond donors (Lipinski definition) is 1. The van der Waals surface area contributed by atoms with Crippen LogP contribution < -0.4 is 5.73 Å². The lowest BCUT2D eigenvalue weighted by atomic mass is 10.1. The molecule has 1 rings (SSSR count). The van der Waals surface area contributed by atoms with Gasteiger partial charge in [0.2, 0.25) is 0 Å². The second-order valence-corrected chi connectivity index (χ2v) is 2.49. The molecule has 0 aliphatic rings. The van der Waals surface area contributed by atoms with Crippen molar-refractivity contribution in [3.8, 4) is 12.3 Å². The van der Waals surface area contributed by atoms with E-state index in [2.05, 4.69) is 10.9 Å². The van der Waals surface area contributed by atoms with Gasteiger partial charge < -0.3 is 5.73 Å². The minimum Gasteiger partial charge on any atom is -0.383 e. The zero-order chi connectivity index (χ0) is 8.43.